The van der Waals surface area contributed by atoms with Crippen molar-refractivity contribution in [3.8, 4) is 0 Å². The van der Waals surface area contributed by atoms with E-state index in [1.165, 1.54) is 0 Å². The lowest BCUT2D eigenvalue weighted by molar-refractivity contribution is 0.218. The Bertz CT molecular complexity index is 338. The van der Waals surface area contributed by atoms with Crippen LogP contribution in [0.1, 0.15) is 24.7 Å². The first-order valence-electron chi connectivity index (χ1n) is 5.80. The van der Waals surface area contributed by atoms with Crippen LogP contribution in [0.4, 0.5) is 0 Å². The maximum atomic E-state index is 8.92. The summed E-state index contributed by atoms with van der Waals surface area (Å²) in [5.41, 5.74) is 2.06. The van der Waals surface area contributed by atoms with Crippen molar-refractivity contribution < 1.29 is 14.4 Å². The van der Waals surface area contributed by atoms with E-state index in [-0.39, 0.29) is 6.04 Å². The number of hydrogen-bond donors (Lipinski definition) is 4. The van der Waals surface area contributed by atoms with Gasteiger partial charge in [0.1, 0.15) is 0 Å². The second-order valence-corrected chi connectivity index (χ2v) is 6.27. The zero-order valence-corrected chi connectivity index (χ0v) is 11.3. The smallest absolute Gasteiger partial charge is 0.390 e. The molecule has 0 atom stereocenters. The third-order valence-electron chi connectivity index (χ3n) is 2.74. The Morgan fingerprint density at radius 2 is 2.12 bits per heavy atom. The van der Waals surface area contributed by atoms with Crippen LogP contribution in [0.25, 0.3) is 0 Å². The lowest BCUT2D eigenvalue weighted by Gasteiger charge is -2.20. The van der Waals surface area contributed by atoms with Crippen molar-refractivity contribution >= 4 is 8.80 Å². The van der Waals surface area contributed by atoms with Gasteiger partial charge < -0.3 is 19.4 Å². The molecule has 0 amide bonds. The summed E-state index contributed by atoms with van der Waals surface area (Å²) in [6.07, 6.45) is 2.25. The molecule has 0 aliphatic rings. The fraction of sp³-hybridized carbons (Fsp3) is 0.700. The van der Waals surface area contributed by atoms with Gasteiger partial charge in [0.05, 0.1) is 12.0 Å². The lowest BCUT2D eigenvalue weighted by atomic mass is 10.3. The fourth-order valence-corrected chi connectivity index (χ4v) is 2.28. The van der Waals surface area contributed by atoms with Gasteiger partial charge in [0.15, 0.2) is 0 Å². The molecule has 0 spiro atoms. The summed E-state index contributed by atoms with van der Waals surface area (Å²) in [6.45, 7) is 6.35. The average Bonchev–Trinajstić information content (AvgIpc) is 2.61. The first-order valence-corrected chi connectivity index (χ1v) is 7.85. The molecule has 17 heavy (non-hydrogen) atoms. The first-order chi connectivity index (χ1) is 7.92. The zero-order chi connectivity index (χ0) is 12.9. The number of nitrogens with zero attached hydrogens (tertiary/aromatic N) is 2. The van der Waals surface area contributed by atoms with Gasteiger partial charge in [-0.15, -0.1) is 0 Å². The minimum Gasteiger partial charge on any atom is -0.390 e. The molecule has 0 radical (unpaired) electrons. The number of imidazole rings is 1. The van der Waals surface area contributed by atoms with Crippen molar-refractivity contribution in [2.45, 2.75) is 32.9 Å². The van der Waals surface area contributed by atoms with E-state index in [0.717, 1.165) is 31.0 Å². The summed E-state index contributed by atoms with van der Waals surface area (Å²) >= 11 is 0. The van der Waals surface area contributed by atoms with Gasteiger partial charge in [-0.05, 0) is 26.4 Å². The number of H-pyrrole nitrogens is 1. The van der Waals surface area contributed by atoms with Crippen LogP contribution >= 0.6 is 0 Å². The Morgan fingerprint density at radius 1 is 1.41 bits per heavy atom. The Kier molecular flexibility index (Phi) is 5.28. The summed E-state index contributed by atoms with van der Waals surface area (Å²) in [5, 5.41) is 0. The molecule has 0 fully saturated rings. The predicted octanol–water partition coefficient (Wildman–Crippen LogP) is -0.154. The molecule has 0 saturated carbocycles. The van der Waals surface area contributed by atoms with Gasteiger partial charge in [0.25, 0.3) is 0 Å². The highest BCUT2D eigenvalue weighted by Gasteiger charge is 2.25. The van der Waals surface area contributed by atoms with E-state index in [4.69, 9.17) is 14.4 Å². The third kappa shape index (κ3) is 5.42. The molecule has 0 aliphatic carbocycles. The molecule has 1 aromatic heterocycles. The number of aromatic amines is 1. The lowest BCUT2D eigenvalue weighted by Crippen LogP contribution is -2.35. The van der Waals surface area contributed by atoms with Crippen molar-refractivity contribution in [1.82, 2.24) is 14.9 Å². The van der Waals surface area contributed by atoms with E-state index >= 15 is 0 Å². The highest BCUT2D eigenvalue weighted by atomic mass is 28.4. The molecule has 0 bridgehead atoms. The predicted molar refractivity (Wildman–Crippen MR) is 66.1 cm³/mol. The molecule has 0 unspecified atom stereocenters. The van der Waals surface area contributed by atoms with Crippen LogP contribution in [0.5, 0.6) is 0 Å². The average molecular weight is 259 g/mol. The molecule has 1 rings (SSSR count). The van der Waals surface area contributed by atoms with Gasteiger partial charge in [-0.25, -0.2) is 4.98 Å². The molecular formula is C10H21N3O3Si. The van der Waals surface area contributed by atoms with E-state index in [9.17, 15) is 0 Å². The highest BCUT2D eigenvalue weighted by molar-refractivity contribution is 6.56. The van der Waals surface area contributed by atoms with Crippen LogP contribution in [0.2, 0.25) is 6.04 Å². The van der Waals surface area contributed by atoms with Crippen LogP contribution < -0.4 is 0 Å². The van der Waals surface area contributed by atoms with Crippen molar-refractivity contribution in [3.05, 3.63) is 17.7 Å². The number of aromatic nitrogens is 2. The van der Waals surface area contributed by atoms with Crippen LogP contribution in [0.3, 0.4) is 0 Å². The topological polar surface area (TPSA) is 92.6 Å². The summed E-state index contributed by atoms with van der Waals surface area (Å²) < 4.78 is 0. The number of nitrogens with one attached hydrogen (secondary N) is 1. The molecule has 1 aromatic rings. The Morgan fingerprint density at radius 3 is 2.59 bits per heavy atom. The fourth-order valence-electron chi connectivity index (χ4n) is 1.65. The standard InChI is InChI=1S/C10H21N3O3Si/c1-3-13(5-4-6-17(14,15)16)7-10-9(2)11-8-12-10/h8,14-16H,3-7H2,1-2H3,(H,11,12). The summed E-state index contributed by atoms with van der Waals surface area (Å²) in [6, 6.07) is 0.0864. The van der Waals surface area contributed by atoms with Crippen molar-refractivity contribution in [2.75, 3.05) is 13.1 Å². The van der Waals surface area contributed by atoms with E-state index in [1.807, 2.05) is 13.8 Å². The van der Waals surface area contributed by atoms with Gasteiger partial charge >= 0.3 is 8.80 Å². The Balaban J connectivity index is 2.37. The van der Waals surface area contributed by atoms with Crippen LogP contribution in [0.15, 0.2) is 6.33 Å². The van der Waals surface area contributed by atoms with Crippen molar-refractivity contribution in [3.63, 3.8) is 0 Å². The van der Waals surface area contributed by atoms with Crippen LogP contribution in [0, 0.1) is 6.92 Å². The van der Waals surface area contributed by atoms with Gasteiger partial charge in [0, 0.05) is 18.3 Å². The Labute approximate surface area is 102 Å². The Hall–Kier alpha value is -0.733. The summed E-state index contributed by atoms with van der Waals surface area (Å²) in [7, 11) is -3.88. The molecule has 1 heterocycles. The maximum Gasteiger partial charge on any atom is 0.492 e. The number of aryl methyl sites for hydroxylation is 1. The third-order valence-corrected chi connectivity index (χ3v) is 3.77. The van der Waals surface area contributed by atoms with E-state index in [2.05, 4.69) is 14.9 Å². The van der Waals surface area contributed by atoms with Crippen molar-refractivity contribution in [2.24, 2.45) is 0 Å². The van der Waals surface area contributed by atoms with Gasteiger partial charge in [-0.3, -0.25) is 4.90 Å². The zero-order valence-electron chi connectivity index (χ0n) is 10.3. The summed E-state index contributed by atoms with van der Waals surface area (Å²) in [5.74, 6) is 0. The molecule has 0 aromatic carbocycles. The molecule has 4 N–H and O–H groups in total. The number of rotatable bonds is 7. The monoisotopic (exact) mass is 259 g/mol. The SMILES string of the molecule is CCN(CCC[Si](O)(O)O)Cc1nc[nH]c1C. The maximum absolute atomic E-state index is 8.92. The van der Waals surface area contributed by atoms with Gasteiger partial charge in [0.2, 0.25) is 0 Å². The van der Waals surface area contributed by atoms with Gasteiger partial charge in [-0.1, -0.05) is 6.92 Å². The summed E-state index contributed by atoms with van der Waals surface area (Å²) in [4.78, 5) is 36.2. The largest absolute Gasteiger partial charge is 0.492 e. The second kappa shape index (κ2) is 6.27. The minimum atomic E-state index is -3.88. The van der Waals surface area contributed by atoms with E-state index in [0.29, 0.717) is 6.42 Å². The highest BCUT2D eigenvalue weighted by Crippen LogP contribution is 2.08. The quantitative estimate of drug-likeness (QED) is 0.511. The van der Waals surface area contributed by atoms with Crippen LogP contribution in [-0.2, 0) is 6.54 Å². The van der Waals surface area contributed by atoms with Crippen molar-refractivity contribution in [1.29, 1.82) is 0 Å². The molecule has 98 valence electrons. The normalized spacial score (nSPS) is 12.4. The van der Waals surface area contributed by atoms with Crippen LogP contribution in [-0.4, -0.2) is 51.1 Å². The number of hydrogen-bond acceptors (Lipinski definition) is 5. The van der Waals surface area contributed by atoms with E-state index in [1.54, 1.807) is 6.33 Å². The molecular weight excluding hydrogens is 238 g/mol. The molecule has 6 nitrogen and oxygen atoms in total. The van der Waals surface area contributed by atoms with E-state index < -0.39 is 8.80 Å². The second-order valence-electron chi connectivity index (χ2n) is 4.22. The first kappa shape index (κ1) is 14.3. The molecule has 0 aliphatic heterocycles. The molecule has 0 saturated heterocycles. The molecule has 7 heteroatoms. The minimum absolute atomic E-state index is 0.0864. The van der Waals surface area contributed by atoms with Gasteiger partial charge in [-0.2, -0.15) is 0 Å².